The van der Waals surface area contributed by atoms with Crippen molar-refractivity contribution in [2.75, 3.05) is 0 Å². The molecular weight excluding hydrogens is 274 g/mol. The molecule has 0 fully saturated rings. The molecule has 0 aliphatic carbocycles. The van der Waals surface area contributed by atoms with Crippen LogP contribution >= 0.6 is 0 Å². The lowest BCUT2D eigenvalue weighted by molar-refractivity contribution is 0.278. The molecule has 3 heteroatoms. The lowest BCUT2D eigenvalue weighted by Crippen LogP contribution is -2.19. The Balaban J connectivity index is 2.69. The minimum absolute atomic E-state index is 0.0138. The fourth-order valence-electron chi connectivity index (χ4n) is 3.26. The Labute approximate surface area is 132 Å². The molecule has 0 spiro atoms. The third-order valence-electron chi connectivity index (χ3n) is 4.03. The van der Waals surface area contributed by atoms with Crippen molar-refractivity contribution in [2.24, 2.45) is 7.05 Å². The second-order valence-corrected chi connectivity index (χ2v) is 7.06. The fraction of sp³-hybridized carbons (Fsp3) is 0.421. The molecule has 0 radical (unpaired) electrons. The van der Waals surface area contributed by atoms with Gasteiger partial charge in [-0.05, 0) is 59.2 Å². The van der Waals surface area contributed by atoms with E-state index < -0.39 is 0 Å². The topological polar surface area (TPSA) is 42.2 Å². The van der Waals surface area contributed by atoms with Crippen LogP contribution in [0.2, 0.25) is 0 Å². The Morgan fingerprint density at radius 1 is 1.05 bits per heavy atom. The lowest BCUT2D eigenvalue weighted by Gasteiger charge is -2.26. The Kier molecular flexibility index (Phi) is 4.30. The van der Waals surface area contributed by atoms with Gasteiger partial charge in [-0.2, -0.15) is 0 Å². The van der Waals surface area contributed by atoms with Gasteiger partial charge in [0.2, 0.25) is 0 Å². The number of aliphatic hydroxyl groups is 1. The number of aliphatic hydroxyl groups excluding tert-OH is 1. The predicted molar refractivity (Wildman–Crippen MR) is 91.2 cm³/mol. The zero-order chi connectivity index (χ0) is 16.7. The summed E-state index contributed by atoms with van der Waals surface area (Å²) in [5, 5.41) is 9.78. The molecule has 0 saturated carbocycles. The quantitative estimate of drug-likeness (QED) is 0.922. The molecule has 3 nitrogen and oxygen atoms in total. The first-order valence-corrected chi connectivity index (χ1v) is 7.57. The molecular formula is C19H25NO2. The number of pyridine rings is 1. The first-order valence-electron chi connectivity index (χ1n) is 7.57. The highest BCUT2D eigenvalue weighted by molar-refractivity contribution is 5.66. The molecule has 1 heterocycles. The van der Waals surface area contributed by atoms with Crippen molar-refractivity contribution in [3.63, 3.8) is 0 Å². The molecule has 118 valence electrons. The van der Waals surface area contributed by atoms with Gasteiger partial charge < -0.3 is 9.67 Å². The minimum atomic E-state index is -0.0138. The van der Waals surface area contributed by atoms with Gasteiger partial charge in [-0.15, -0.1) is 0 Å². The summed E-state index contributed by atoms with van der Waals surface area (Å²) >= 11 is 0. The van der Waals surface area contributed by atoms with Crippen LogP contribution in [0.5, 0.6) is 0 Å². The monoisotopic (exact) mass is 299 g/mol. The molecule has 22 heavy (non-hydrogen) atoms. The summed E-state index contributed by atoms with van der Waals surface area (Å²) in [4.78, 5) is 11.9. The molecule has 0 atom stereocenters. The summed E-state index contributed by atoms with van der Waals surface area (Å²) in [7, 11) is 1.77. The largest absolute Gasteiger partial charge is 0.392 e. The summed E-state index contributed by atoms with van der Waals surface area (Å²) in [6.07, 6.45) is 1.85. The van der Waals surface area contributed by atoms with Crippen LogP contribution < -0.4 is 5.56 Å². The highest BCUT2D eigenvalue weighted by atomic mass is 16.3. The normalized spacial score (nSPS) is 11.8. The van der Waals surface area contributed by atoms with Gasteiger partial charge in [0.05, 0.1) is 6.61 Å². The van der Waals surface area contributed by atoms with Crippen molar-refractivity contribution < 1.29 is 5.11 Å². The van der Waals surface area contributed by atoms with Crippen LogP contribution in [-0.4, -0.2) is 9.67 Å². The Hall–Kier alpha value is -1.87. The molecule has 2 rings (SSSR count). The van der Waals surface area contributed by atoms with E-state index in [4.69, 9.17) is 0 Å². The van der Waals surface area contributed by atoms with Gasteiger partial charge in [0.1, 0.15) is 0 Å². The van der Waals surface area contributed by atoms with Gasteiger partial charge in [-0.1, -0.05) is 26.8 Å². The highest BCUT2D eigenvalue weighted by Gasteiger charge is 2.21. The third-order valence-corrected chi connectivity index (χ3v) is 4.03. The van der Waals surface area contributed by atoms with E-state index >= 15 is 0 Å². The Bertz CT molecular complexity index is 738. The van der Waals surface area contributed by atoms with Crippen LogP contribution in [0.4, 0.5) is 0 Å². The van der Waals surface area contributed by atoms with Gasteiger partial charge in [0.25, 0.3) is 5.56 Å². The van der Waals surface area contributed by atoms with Gasteiger partial charge in [-0.3, -0.25) is 4.79 Å². The molecule has 1 N–H and O–H groups in total. The zero-order valence-corrected chi connectivity index (χ0v) is 14.3. The SMILES string of the molecule is Cc1cc(-c2cc(C)c(=O)n(C)c2)cc(CO)c1C(C)(C)C. The van der Waals surface area contributed by atoms with Crippen molar-refractivity contribution in [3.8, 4) is 11.1 Å². The van der Waals surface area contributed by atoms with Gasteiger partial charge >= 0.3 is 0 Å². The first-order chi connectivity index (χ1) is 10.1. The van der Waals surface area contributed by atoms with Crippen molar-refractivity contribution in [2.45, 2.75) is 46.6 Å². The highest BCUT2D eigenvalue weighted by Crippen LogP contribution is 2.33. The summed E-state index contributed by atoms with van der Waals surface area (Å²) in [5.41, 5.74) is 6.08. The Morgan fingerprint density at radius 2 is 1.64 bits per heavy atom. The number of nitrogens with zero attached hydrogens (tertiary/aromatic N) is 1. The van der Waals surface area contributed by atoms with Gasteiger partial charge in [0, 0.05) is 18.8 Å². The van der Waals surface area contributed by atoms with Crippen LogP contribution in [0, 0.1) is 13.8 Å². The van der Waals surface area contributed by atoms with Crippen molar-refractivity contribution >= 4 is 0 Å². The van der Waals surface area contributed by atoms with Crippen molar-refractivity contribution in [1.29, 1.82) is 0 Å². The number of benzene rings is 1. The number of hydrogen-bond donors (Lipinski definition) is 1. The molecule has 2 aromatic rings. The smallest absolute Gasteiger partial charge is 0.253 e. The van der Waals surface area contributed by atoms with E-state index in [-0.39, 0.29) is 17.6 Å². The van der Waals surface area contributed by atoms with Crippen LogP contribution in [0.1, 0.15) is 43.0 Å². The molecule has 0 aliphatic rings. The van der Waals surface area contributed by atoms with E-state index in [2.05, 4.69) is 33.8 Å². The van der Waals surface area contributed by atoms with Crippen LogP contribution in [0.15, 0.2) is 29.2 Å². The van der Waals surface area contributed by atoms with Crippen LogP contribution in [0.25, 0.3) is 11.1 Å². The number of aromatic nitrogens is 1. The standard InChI is InChI=1S/C19H25NO2/c1-12-7-14(9-16(11-21)17(12)19(3,4)5)15-8-13(2)18(22)20(6)10-15/h7-10,21H,11H2,1-6H3. The molecule has 0 saturated heterocycles. The fourth-order valence-corrected chi connectivity index (χ4v) is 3.26. The van der Waals surface area contributed by atoms with Crippen molar-refractivity contribution in [3.05, 3.63) is 57.0 Å². The minimum Gasteiger partial charge on any atom is -0.392 e. The van der Waals surface area contributed by atoms with Gasteiger partial charge in [-0.25, -0.2) is 0 Å². The maximum atomic E-state index is 11.9. The zero-order valence-electron chi connectivity index (χ0n) is 14.3. The second-order valence-electron chi connectivity index (χ2n) is 7.06. The maximum absolute atomic E-state index is 11.9. The molecule has 0 bridgehead atoms. The van der Waals surface area contributed by atoms with Crippen molar-refractivity contribution in [1.82, 2.24) is 4.57 Å². The number of hydrogen-bond acceptors (Lipinski definition) is 2. The van der Waals surface area contributed by atoms with E-state index in [0.717, 1.165) is 22.3 Å². The summed E-state index contributed by atoms with van der Waals surface area (Å²) in [6, 6.07) is 6.08. The van der Waals surface area contributed by atoms with E-state index in [0.29, 0.717) is 0 Å². The summed E-state index contributed by atoms with van der Waals surface area (Å²) < 4.78 is 1.61. The summed E-state index contributed by atoms with van der Waals surface area (Å²) in [5.74, 6) is 0. The molecule has 0 unspecified atom stereocenters. The summed E-state index contributed by atoms with van der Waals surface area (Å²) in [6.45, 7) is 10.4. The predicted octanol–water partition coefficient (Wildman–Crippen LogP) is 3.46. The maximum Gasteiger partial charge on any atom is 0.253 e. The second kappa shape index (κ2) is 5.73. The molecule has 0 aliphatic heterocycles. The lowest BCUT2D eigenvalue weighted by atomic mass is 9.80. The third kappa shape index (κ3) is 3.00. The molecule has 1 aromatic heterocycles. The average molecular weight is 299 g/mol. The van der Waals surface area contributed by atoms with Crippen LogP contribution in [0.3, 0.4) is 0 Å². The van der Waals surface area contributed by atoms with E-state index in [1.165, 1.54) is 11.1 Å². The van der Waals surface area contributed by atoms with E-state index in [1.807, 2.05) is 25.3 Å². The van der Waals surface area contributed by atoms with E-state index in [9.17, 15) is 9.90 Å². The molecule has 0 amide bonds. The van der Waals surface area contributed by atoms with E-state index in [1.54, 1.807) is 11.6 Å². The van der Waals surface area contributed by atoms with Gasteiger partial charge in [0.15, 0.2) is 0 Å². The first kappa shape index (κ1) is 16.5. The Morgan fingerprint density at radius 3 is 2.14 bits per heavy atom. The average Bonchev–Trinajstić information content (AvgIpc) is 2.41. The van der Waals surface area contributed by atoms with Crippen LogP contribution in [-0.2, 0) is 19.1 Å². The number of rotatable bonds is 2. The number of aryl methyl sites for hydroxylation is 3. The molecule has 1 aromatic carbocycles.